The Kier molecular flexibility index (Phi) is 4.92. The maximum Gasteiger partial charge on any atom is 0.130 e. The molecular formula is C16H23F2N. The third-order valence-electron chi connectivity index (χ3n) is 4.18. The standard InChI is InChI=1S/C16H23F2N/c1-3-19-16(12-7-4-6-11(2)10-12)15-13(17)8-5-9-14(15)18/h5,8-9,11-12,16,19H,3-4,6-7,10H2,1-2H3. The van der Waals surface area contributed by atoms with Gasteiger partial charge in [-0.05, 0) is 43.4 Å². The Morgan fingerprint density at radius 2 is 1.95 bits per heavy atom. The summed E-state index contributed by atoms with van der Waals surface area (Å²) in [6.07, 6.45) is 4.49. The molecule has 3 heteroatoms. The molecule has 106 valence electrons. The summed E-state index contributed by atoms with van der Waals surface area (Å²) in [6.45, 7) is 4.94. The van der Waals surface area contributed by atoms with Crippen LogP contribution >= 0.6 is 0 Å². The first-order valence-electron chi connectivity index (χ1n) is 7.30. The summed E-state index contributed by atoms with van der Waals surface area (Å²) in [5.41, 5.74) is 0.225. The molecule has 1 fully saturated rings. The van der Waals surface area contributed by atoms with Crippen LogP contribution in [0.25, 0.3) is 0 Å². The zero-order valence-corrected chi connectivity index (χ0v) is 11.8. The Morgan fingerprint density at radius 3 is 2.53 bits per heavy atom. The molecule has 1 saturated carbocycles. The van der Waals surface area contributed by atoms with E-state index in [0.717, 1.165) is 25.8 Å². The van der Waals surface area contributed by atoms with E-state index < -0.39 is 11.6 Å². The minimum absolute atomic E-state index is 0.200. The Hall–Kier alpha value is -0.960. The molecule has 19 heavy (non-hydrogen) atoms. The molecule has 0 aromatic heterocycles. The normalized spacial score (nSPS) is 25.3. The zero-order valence-electron chi connectivity index (χ0n) is 11.8. The van der Waals surface area contributed by atoms with Crippen molar-refractivity contribution >= 4 is 0 Å². The fourth-order valence-electron chi connectivity index (χ4n) is 3.32. The van der Waals surface area contributed by atoms with E-state index in [0.29, 0.717) is 11.8 Å². The second kappa shape index (κ2) is 6.47. The Bertz CT molecular complexity index is 399. The highest BCUT2D eigenvalue weighted by molar-refractivity contribution is 5.24. The molecule has 0 spiro atoms. The van der Waals surface area contributed by atoms with Crippen LogP contribution in [0, 0.1) is 23.5 Å². The topological polar surface area (TPSA) is 12.0 Å². The van der Waals surface area contributed by atoms with Crippen molar-refractivity contribution in [1.29, 1.82) is 0 Å². The molecule has 0 bridgehead atoms. The molecule has 1 aliphatic rings. The number of rotatable bonds is 4. The Balaban J connectivity index is 2.28. The van der Waals surface area contributed by atoms with Gasteiger partial charge in [-0.3, -0.25) is 0 Å². The van der Waals surface area contributed by atoms with Gasteiger partial charge < -0.3 is 5.32 Å². The molecule has 1 N–H and O–H groups in total. The van der Waals surface area contributed by atoms with Gasteiger partial charge >= 0.3 is 0 Å². The van der Waals surface area contributed by atoms with Crippen molar-refractivity contribution in [2.45, 2.75) is 45.6 Å². The number of halogens is 2. The van der Waals surface area contributed by atoms with Gasteiger partial charge in [0, 0.05) is 11.6 Å². The molecule has 1 nitrogen and oxygen atoms in total. The van der Waals surface area contributed by atoms with Crippen LogP contribution in [0.5, 0.6) is 0 Å². The molecule has 1 aromatic carbocycles. The quantitative estimate of drug-likeness (QED) is 0.850. The van der Waals surface area contributed by atoms with E-state index in [1.54, 1.807) is 0 Å². The van der Waals surface area contributed by atoms with E-state index in [1.165, 1.54) is 24.6 Å². The molecule has 1 aromatic rings. The van der Waals surface area contributed by atoms with Gasteiger partial charge in [-0.15, -0.1) is 0 Å². The van der Waals surface area contributed by atoms with E-state index in [-0.39, 0.29) is 11.6 Å². The van der Waals surface area contributed by atoms with Crippen LogP contribution in [-0.4, -0.2) is 6.54 Å². The summed E-state index contributed by atoms with van der Waals surface area (Å²) in [5, 5.41) is 3.29. The summed E-state index contributed by atoms with van der Waals surface area (Å²) in [6, 6.07) is 3.94. The van der Waals surface area contributed by atoms with Crippen molar-refractivity contribution in [3.05, 3.63) is 35.4 Å². The van der Waals surface area contributed by atoms with E-state index in [9.17, 15) is 8.78 Å². The van der Waals surface area contributed by atoms with Gasteiger partial charge in [-0.1, -0.05) is 32.8 Å². The lowest BCUT2D eigenvalue weighted by Crippen LogP contribution is -2.32. The second-order valence-electron chi connectivity index (χ2n) is 5.70. The summed E-state index contributed by atoms with van der Waals surface area (Å²) in [7, 11) is 0. The van der Waals surface area contributed by atoms with Crippen LogP contribution in [-0.2, 0) is 0 Å². The summed E-state index contributed by atoms with van der Waals surface area (Å²) >= 11 is 0. The number of benzene rings is 1. The number of nitrogens with one attached hydrogen (secondary N) is 1. The van der Waals surface area contributed by atoms with Crippen molar-refractivity contribution in [3.8, 4) is 0 Å². The first kappa shape index (κ1) is 14.4. The van der Waals surface area contributed by atoms with Gasteiger partial charge in [0.05, 0.1) is 0 Å². The molecule has 0 saturated heterocycles. The first-order chi connectivity index (χ1) is 9.13. The van der Waals surface area contributed by atoms with Gasteiger partial charge in [0.25, 0.3) is 0 Å². The Labute approximate surface area is 114 Å². The molecule has 1 aliphatic carbocycles. The van der Waals surface area contributed by atoms with Crippen molar-refractivity contribution < 1.29 is 8.78 Å². The van der Waals surface area contributed by atoms with Crippen LogP contribution in [0.3, 0.4) is 0 Å². The van der Waals surface area contributed by atoms with E-state index in [2.05, 4.69) is 12.2 Å². The molecule has 3 unspecified atom stereocenters. The van der Waals surface area contributed by atoms with E-state index in [4.69, 9.17) is 0 Å². The monoisotopic (exact) mass is 267 g/mol. The van der Waals surface area contributed by atoms with Crippen molar-refractivity contribution in [2.75, 3.05) is 6.54 Å². The molecule has 0 heterocycles. The average molecular weight is 267 g/mol. The maximum absolute atomic E-state index is 14.0. The lowest BCUT2D eigenvalue weighted by molar-refractivity contribution is 0.219. The van der Waals surface area contributed by atoms with Gasteiger partial charge in [-0.2, -0.15) is 0 Å². The fourth-order valence-corrected chi connectivity index (χ4v) is 3.32. The fraction of sp³-hybridized carbons (Fsp3) is 0.625. The van der Waals surface area contributed by atoms with Gasteiger partial charge in [0.1, 0.15) is 11.6 Å². The molecular weight excluding hydrogens is 244 g/mol. The Morgan fingerprint density at radius 1 is 1.26 bits per heavy atom. The van der Waals surface area contributed by atoms with Gasteiger partial charge in [-0.25, -0.2) is 8.78 Å². The second-order valence-corrected chi connectivity index (χ2v) is 5.70. The molecule has 2 rings (SSSR count). The third-order valence-corrected chi connectivity index (χ3v) is 4.18. The van der Waals surface area contributed by atoms with Gasteiger partial charge in [0.15, 0.2) is 0 Å². The largest absolute Gasteiger partial charge is 0.310 e. The highest BCUT2D eigenvalue weighted by atomic mass is 19.1. The molecule has 0 amide bonds. The predicted octanol–water partition coefficient (Wildman–Crippen LogP) is 4.44. The van der Waals surface area contributed by atoms with Gasteiger partial charge in [0.2, 0.25) is 0 Å². The number of hydrogen-bond acceptors (Lipinski definition) is 1. The van der Waals surface area contributed by atoms with Crippen LogP contribution in [0.2, 0.25) is 0 Å². The van der Waals surface area contributed by atoms with Crippen LogP contribution in [0.1, 0.15) is 51.1 Å². The first-order valence-corrected chi connectivity index (χ1v) is 7.30. The van der Waals surface area contributed by atoms with Crippen molar-refractivity contribution in [3.63, 3.8) is 0 Å². The molecule has 0 radical (unpaired) electrons. The number of hydrogen-bond donors (Lipinski definition) is 1. The van der Waals surface area contributed by atoms with Crippen molar-refractivity contribution in [2.24, 2.45) is 11.8 Å². The molecule has 3 atom stereocenters. The highest BCUT2D eigenvalue weighted by Crippen LogP contribution is 2.38. The minimum atomic E-state index is -0.427. The lowest BCUT2D eigenvalue weighted by atomic mass is 9.76. The zero-order chi connectivity index (χ0) is 13.8. The smallest absolute Gasteiger partial charge is 0.130 e. The lowest BCUT2D eigenvalue weighted by Gasteiger charge is -2.34. The summed E-state index contributed by atoms with van der Waals surface area (Å²) < 4.78 is 28.0. The van der Waals surface area contributed by atoms with E-state index >= 15 is 0 Å². The average Bonchev–Trinajstić information content (AvgIpc) is 2.37. The predicted molar refractivity (Wildman–Crippen MR) is 73.9 cm³/mol. The molecule has 0 aliphatic heterocycles. The highest BCUT2D eigenvalue weighted by Gasteiger charge is 2.30. The van der Waals surface area contributed by atoms with Crippen LogP contribution in [0.15, 0.2) is 18.2 Å². The SMILES string of the molecule is CCNC(c1c(F)cccc1F)C1CCCC(C)C1. The van der Waals surface area contributed by atoms with Crippen LogP contribution < -0.4 is 5.32 Å². The third kappa shape index (κ3) is 3.33. The maximum atomic E-state index is 14.0. The van der Waals surface area contributed by atoms with Crippen LogP contribution in [0.4, 0.5) is 8.78 Å². The van der Waals surface area contributed by atoms with E-state index in [1.807, 2.05) is 6.92 Å². The summed E-state index contributed by atoms with van der Waals surface area (Å²) in [5.74, 6) is 0.123. The van der Waals surface area contributed by atoms with Crippen molar-refractivity contribution in [1.82, 2.24) is 5.32 Å². The minimum Gasteiger partial charge on any atom is -0.310 e. The summed E-state index contributed by atoms with van der Waals surface area (Å²) in [4.78, 5) is 0.